The quantitative estimate of drug-likeness (QED) is 0.664. The molecule has 1 heterocycles. The number of rotatable bonds is 2. The number of carbonyl (C=O) groups is 1. The van der Waals surface area contributed by atoms with Gasteiger partial charge in [0.25, 0.3) is 0 Å². The maximum absolute atomic E-state index is 10.1. The molecule has 1 aromatic rings. The Labute approximate surface area is 81.2 Å². The molecule has 2 N–H and O–H groups in total. The third-order valence-electron chi connectivity index (χ3n) is 1.42. The van der Waals surface area contributed by atoms with Crippen molar-refractivity contribution in [1.29, 1.82) is 0 Å². The van der Waals surface area contributed by atoms with Crippen molar-refractivity contribution in [2.45, 2.75) is 13.0 Å². The van der Waals surface area contributed by atoms with E-state index in [1.165, 1.54) is 0 Å². The van der Waals surface area contributed by atoms with Crippen LogP contribution in [0.4, 0.5) is 0 Å². The first-order valence-corrected chi connectivity index (χ1v) is 4.00. The molecule has 0 atom stereocenters. The highest BCUT2D eigenvalue weighted by Crippen LogP contribution is 1.97. The number of pyridine rings is 1. The summed E-state index contributed by atoms with van der Waals surface area (Å²) in [6.45, 7) is -0.144. The summed E-state index contributed by atoms with van der Waals surface area (Å²) in [5, 5.41) is 17.1. The number of aliphatic hydroxyl groups excluding tert-OH is 1. The van der Waals surface area contributed by atoms with Crippen LogP contribution in [0.15, 0.2) is 18.2 Å². The largest absolute Gasteiger partial charge is 0.481 e. The Kier molecular flexibility index (Phi) is 3.65. The minimum atomic E-state index is -0.962. The van der Waals surface area contributed by atoms with Gasteiger partial charge in [-0.05, 0) is 18.1 Å². The van der Waals surface area contributed by atoms with Crippen LogP contribution in [0.3, 0.4) is 0 Å². The fraction of sp³-hybridized carbons (Fsp3) is 0.200. The smallest absolute Gasteiger partial charge is 0.315 e. The van der Waals surface area contributed by atoms with Gasteiger partial charge in [-0.15, -0.1) is 0 Å². The number of hydrogen-bond acceptors (Lipinski definition) is 3. The standard InChI is InChI=1S/C10H9NO3/c12-7-9-5-1-3-8(11-9)4-2-6-10(13)14/h1,3,5,12H,6-7H2,(H,13,14). The lowest BCUT2D eigenvalue weighted by atomic mass is 10.3. The van der Waals surface area contributed by atoms with E-state index >= 15 is 0 Å². The zero-order chi connectivity index (χ0) is 10.4. The molecule has 0 fully saturated rings. The topological polar surface area (TPSA) is 70.4 Å². The van der Waals surface area contributed by atoms with Gasteiger partial charge in [0.1, 0.15) is 12.1 Å². The van der Waals surface area contributed by atoms with E-state index in [1.54, 1.807) is 18.2 Å². The number of aliphatic carboxylic acids is 1. The molecule has 1 rings (SSSR count). The van der Waals surface area contributed by atoms with Gasteiger partial charge < -0.3 is 10.2 Å². The first-order valence-electron chi connectivity index (χ1n) is 4.00. The summed E-state index contributed by atoms with van der Waals surface area (Å²) in [5.74, 6) is 4.09. The lowest BCUT2D eigenvalue weighted by Crippen LogP contribution is -1.92. The SMILES string of the molecule is O=C(O)CC#Cc1cccc(CO)n1. The van der Waals surface area contributed by atoms with Crippen molar-refractivity contribution < 1.29 is 15.0 Å². The summed E-state index contributed by atoms with van der Waals surface area (Å²) in [5.41, 5.74) is 0.991. The Morgan fingerprint density at radius 3 is 2.93 bits per heavy atom. The summed E-state index contributed by atoms with van der Waals surface area (Å²) < 4.78 is 0. The summed E-state index contributed by atoms with van der Waals surface area (Å²) in [6, 6.07) is 5.04. The Morgan fingerprint density at radius 1 is 1.50 bits per heavy atom. The minimum Gasteiger partial charge on any atom is -0.481 e. The number of carboxylic acids is 1. The third-order valence-corrected chi connectivity index (χ3v) is 1.42. The first kappa shape index (κ1) is 10.2. The monoisotopic (exact) mass is 191 g/mol. The number of aliphatic hydroxyl groups is 1. The third kappa shape index (κ3) is 3.25. The van der Waals surface area contributed by atoms with Crippen molar-refractivity contribution in [2.24, 2.45) is 0 Å². The van der Waals surface area contributed by atoms with Gasteiger partial charge in [0.15, 0.2) is 0 Å². The van der Waals surface area contributed by atoms with Crippen molar-refractivity contribution in [3.8, 4) is 11.8 Å². The second-order valence-electron chi connectivity index (χ2n) is 2.54. The molecule has 14 heavy (non-hydrogen) atoms. The summed E-state index contributed by atoms with van der Waals surface area (Å²) >= 11 is 0. The molecule has 0 bridgehead atoms. The van der Waals surface area contributed by atoms with Crippen molar-refractivity contribution in [1.82, 2.24) is 4.98 Å². The van der Waals surface area contributed by atoms with E-state index in [-0.39, 0.29) is 13.0 Å². The van der Waals surface area contributed by atoms with Gasteiger partial charge in [0, 0.05) is 0 Å². The van der Waals surface area contributed by atoms with Gasteiger partial charge in [0.2, 0.25) is 0 Å². The van der Waals surface area contributed by atoms with Crippen LogP contribution in [-0.2, 0) is 11.4 Å². The van der Waals surface area contributed by atoms with Crippen LogP contribution in [0.25, 0.3) is 0 Å². The average Bonchev–Trinajstić information content (AvgIpc) is 2.18. The lowest BCUT2D eigenvalue weighted by molar-refractivity contribution is -0.135. The van der Waals surface area contributed by atoms with Gasteiger partial charge >= 0.3 is 5.97 Å². The van der Waals surface area contributed by atoms with Crippen LogP contribution in [-0.4, -0.2) is 21.2 Å². The van der Waals surface area contributed by atoms with E-state index in [1.807, 2.05) is 0 Å². The van der Waals surface area contributed by atoms with E-state index in [0.29, 0.717) is 11.4 Å². The van der Waals surface area contributed by atoms with E-state index in [4.69, 9.17) is 10.2 Å². The molecule has 4 heteroatoms. The highest BCUT2D eigenvalue weighted by atomic mass is 16.4. The summed E-state index contributed by atoms with van der Waals surface area (Å²) in [7, 11) is 0. The molecule has 4 nitrogen and oxygen atoms in total. The van der Waals surface area contributed by atoms with E-state index < -0.39 is 5.97 Å². The number of aromatic nitrogens is 1. The Hall–Kier alpha value is -1.86. The first-order chi connectivity index (χ1) is 6.72. The summed E-state index contributed by atoms with van der Waals surface area (Å²) in [4.78, 5) is 14.1. The molecule has 0 radical (unpaired) electrons. The van der Waals surface area contributed by atoms with Gasteiger partial charge in [0.05, 0.1) is 12.3 Å². The highest BCUT2D eigenvalue weighted by Gasteiger charge is 1.93. The fourth-order valence-electron chi connectivity index (χ4n) is 0.848. The summed E-state index contributed by atoms with van der Waals surface area (Å²) in [6.07, 6.45) is -0.203. The molecular weight excluding hydrogens is 182 g/mol. The molecule has 72 valence electrons. The van der Waals surface area contributed by atoms with Crippen LogP contribution >= 0.6 is 0 Å². The van der Waals surface area contributed by atoms with Crippen LogP contribution < -0.4 is 0 Å². The van der Waals surface area contributed by atoms with Gasteiger partial charge in [-0.25, -0.2) is 4.98 Å². The molecule has 1 aromatic heterocycles. The molecule has 0 spiro atoms. The number of hydrogen-bond donors (Lipinski definition) is 2. The normalized spacial score (nSPS) is 8.93. The van der Waals surface area contributed by atoms with Crippen LogP contribution in [0.2, 0.25) is 0 Å². The van der Waals surface area contributed by atoms with Crippen LogP contribution in [0, 0.1) is 11.8 Å². The molecule has 0 unspecified atom stereocenters. The molecular formula is C10H9NO3. The van der Waals surface area contributed by atoms with E-state index in [0.717, 1.165) is 0 Å². The maximum Gasteiger partial charge on any atom is 0.315 e. The highest BCUT2D eigenvalue weighted by molar-refractivity contribution is 5.70. The second kappa shape index (κ2) is 5.00. The van der Waals surface area contributed by atoms with Crippen LogP contribution in [0.5, 0.6) is 0 Å². The van der Waals surface area contributed by atoms with Crippen molar-refractivity contribution in [3.05, 3.63) is 29.6 Å². The minimum absolute atomic E-state index is 0.144. The zero-order valence-corrected chi connectivity index (χ0v) is 7.40. The molecule has 0 aliphatic heterocycles. The second-order valence-corrected chi connectivity index (χ2v) is 2.54. The maximum atomic E-state index is 10.1. The van der Waals surface area contributed by atoms with Crippen molar-refractivity contribution in [3.63, 3.8) is 0 Å². The van der Waals surface area contributed by atoms with Crippen molar-refractivity contribution >= 4 is 5.97 Å². The molecule has 0 saturated heterocycles. The molecule has 0 saturated carbocycles. The fourth-order valence-corrected chi connectivity index (χ4v) is 0.848. The van der Waals surface area contributed by atoms with E-state index in [9.17, 15) is 4.79 Å². The van der Waals surface area contributed by atoms with Gasteiger partial charge in [-0.2, -0.15) is 0 Å². The number of nitrogens with zero attached hydrogens (tertiary/aromatic N) is 1. The molecule has 0 amide bonds. The van der Waals surface area contributed by atoms with E-state index in [2.05, 4.69) is 16.8 Å². The van der Waals surface area contributed by atoms with Gasteiger partial charge in [-0.1, -0.05) is 12.0 Å². The average molecular weight is 191 g/mol. The Bertz CT molecular complexity index is 390. The lowest BCUT2D eigenvalue weighted by Gasteiger charge is -1.94. The molecule has 0 aliphatic carbocycles. The van der Waals surface area contributed by atoms with Crippen LogP contribution in [0.1, 0.15) is 17.8 Å². The molecule has 0 aromatic carbocycles. The predicted molar refractivity (Wildman–Crippen MR) is 49.3 cm³/mol. The Balaban J connectivity index is 2.74. The van der Waals surface area contributed by atoms with Gasteiger partial charge in [-0.3, -0.25) is 4.79 Å². The van der Waals surface area contributed by atoms with Crippen molar-refractivity contribution in [2.75, 3.05) is 0 Å². The Morgan fingerprint density at radius 2 is 2.29 bits per heavy atom. The number of carboxylic acid groups (broad SMARTS) is 1. The predicted octanol–water partition coefficient (Wildman–Crippen LogP) is 0.400. The zero-order valence-electron chi connectivity index (χ0n) is 7.40. The molecule has 0 aliphatic rings.